The lowest BCUT2D eigenvalue weighted by molar-refractivity contribution is 0.111. The van der Waals surface area contributed by atoms with Gasteiger partial charge < -0.3 is 4.57 Å². The topological polar surface area (TPSA) is 39.2 Å². The molecule has 4 heteroatoms. The van der Waals surface area contributed by atoms with E-state index >= 15 is 0 Å². The van der Waals surface area contributed by atoms with E-state index in [1.54, 1.807) is 17.0 Å². The highest BCUT2D eigenvalue weighted by molar-refractivity contribution is 5.71. The van der Waals surface area contributed by atoms with Gasteiger partial charge in [-0.3, -0.25) is 4.79 Å². The SMILES string of the molecule is [C-]#[N+]c1cccc(Cn2cncc2C=O)c1. The summed E-state index contributed by atoms with van der Waals surface area (Å²) < 4.78 is 1.75. The van der Waals surface area contributed by atoms with Crippen LogP contribution in [0, 0.1) is 6.57 Å². The molecule has 1 aromatic heterocycles. The molecule has 0 amide bonds. The Bertz CT molecular complexity index is 551. The number of carbonyl (C=O) groups excluding carboxylic acids is 1. The van der Waals surface area contributed by atoms with Gasteiger partial charge in [-0.1, -0.05) is 24.3 Å². The molecule has 0 N–H and O–H groups in total. The van der Waals surface area contributed by atoms with Crippen LogP contribution in [0.3, 0.4) is 0 Å². The summed E-state index contributed by atoms with van der Waals surface area (Å²) in [5.41, 5.74) is 2.12. The van der Waals surface area contributed by atoms with Gasteiger partial charge in [-0.2, -0.15) is 0 Å². The minimum Gasteiger partial charge on any atom is -0.324 e. The Labute approximate surface area is 93.0 Å². The number of imidazole rings is 1. The van der Waals surface area contributed by atoms with Crippen molar-refractivity contribution in [2.45, 2.75) is 6.54 Å². The van der Waals surface area contributed by atoms with Crippen molar-refractivity contribution in [1.29, 1.82) is 0 Å². The zero-order valence-corrected chi connectivity index (χ0v) is 8.50. The molecule has 4 nitrogen and oxygen atoms in total. The van der Waals surface area contributed by atoms with Gasteiger partial charge in [0, 0.05) is 6.54 Å². The summed E-state index contributed by atoms with van der Waals surface area (Å²) in [6.45, 7) is 7.47. The summed E-state index contributed by atoms with van der Waals surface area (Å²) in [4.78, 5) is 18.0. The minimum atomic E-state index is 0.535. The molecule has 0 aliphatic rings. The number of hydrogen-bond acceptors (Lipinski definition) is 2. The van der Waals surface area contributed by atoms with Gasteiger partial charge in [0.05, 0.1) is 19.1 Å². The van der Waals surface area contributed by atoms with Crippen molar-refractivity contribution in [3.8, 4) is 0 Å². The molecule has 2 rings (SSSR count). The third kappa shape index (κ3) is 1.98. The maximum absolute atomic E-state index is 10.7. The smallest absolute Gasteiger partial charge is 0.187 e. The molecule has 0 radical (unpaired) electrons. The molecule has 0 spiro atoms. The lowest BCUT2D eigenvalue weighted by atomic mass is 10.2. The van der Waals surface area contributed by atoms with Crippen molar-refractivity contribution in [3.63, 3.8) is 0 Å². The molecule has 0 bridgehead atoms. The highest BCUT2D eigenvalue weighted by atomic mass is 16.1. The first-order valence-electron chi connectivity index (χ1n) is 4.75. The molecule has 1 aromatic carbocycles. The molecule has 0 fully saturated rings. The molecule has 0 saturated heterocycles. The quantitative estimate of drug-likeness (QED) is 0.577. The van der Waals surface area contributed by atoms with Gasteiger partial charge in [0.25, 0.3) is 0 Å². The summed E-state index contributed by atoms with van der Waals surface area (Å²) in [7, 11) is 0. The number of carbonyl (C=O) groups is 1. The number of benzene rings is 1. The third-order valence-corrected chi connectivity index (χ3v) is 2.26. The van der Waals surface area contributed by atoms with Crippen molar-refractivity contribution < 1.29 is 4.79 Å². The van der Waals surface area contributed by atoms with E-state index in [0.29, 0.717) is 17.9 Å². The van der Waals surface area contributed by atoms with E-state index in [1.807, 2.05) is 18.2 Å². The second kappa shape index (κ2) is 4.41. The molecule has 16 heavy (non-hydrogen) atoms. The van der Waals surface area contributed by atoms with Crippen molar-refractivity contribution >= 4 is 12.0 Å². The largest absolute Gasteiger partial charge is 0.324 e. The molecule has 0 aliphatic carbocycles. The minimum absolute atomic E-state index is 0.535. The fraction of sp³-hybridized carbons (Fsp3) is 0.0833. The van der Waals surface area contributed by atoms with Crippen molar-refractivity contribution in [2.24, 2.45) is 0 Å². The standard InChI is InChI=1S/C12H9N3O/c1-13-11-4-2-3-10(5-11)7-15-9-14-6-12(15)8-16/h2-6,8-9H,7H2. The lowest BCUT2D eigenvalue weighted by Gasteiger charge is -2.04. The molecule has 2 aromatic rings. The Kier molecular flexibility index (Phi) is 2.79. The van der Waals surface area contributed by atoms with Gasteiger partial charge in [-0.25, -0.2) is 9.83 Å². The predicted molar refractivity (Wildman–Crippen MR) is 59.4 cm³/mol. The fourth-order valence-corrected chi connectivity index (χ4v) is 1.48. The second-order valence-electron chi connectivity index (χ2n) is 3.35. The molecular formula is C12H9N3O. The van der Waals surface area contributed by atoms with Gasteiger partial charge in [0.1, 0.15) is 5.69 Å². The van der Waals surface area contributed by atoms with Gasteiger partial charge >= 0.3 is 0 Å². The summed E-state index contributed by atoms with van der Waals surface area (Å²) in [5.74, 6) is 0. The zero-order valence-electron chi connectivity index (χ0n) is 8.50. The van der Waals surface area contributed by atoms with Crippen molar-refractivity contribution in [3.05, 3.63) is 59.5 Å². The Hall–Kier alpha value is -2.41. The highest BCUT2D eigenvalue weighted by Crippen LogP contribution is 2.15. The first-order chi connectivity index (χ1) is 7.83. The first kappa shape index (κ1) is 10.1. The number of nitrogens with zero attached hydrogens (tertiary/aromatic N) is 3. The molecule has 78 valence electrons. The number of rotatable bonds is 3. The van der Waals surface area contributed by atoms with Crippen LogP contribution >= 0.6 is 0 Å². The summed E-state index contributed by atoms with van der Waals surface area (Å²) in [6.07, 6.45) is 3.89. The molecule has 0 saturated carbocycles. The van der Waals surface area contributed by atoms with Crippen molar-refractivity contribution in [2.75, 3.05) is 0 Å². The van der Waals surface area contributed by atoms with Gasteiger partial charge in [0.2, 0.25) is 0 Å². The number of aromatic nitrogens is 2. The Balaban J connectivity index is 2.27. The lowest BCUT2D eigenvalue weighted by Crippen LogP contribution is -2.01. The average molecular weight is 211 g/mol. The molecule has 1 heterocycles. The van der Waals surface area contributed by atoms with E-state index in [4.69, 9.17) is 6.57 Å². The fourth-order valence-electron chi connectivity index (χ4n) is 1.48. The normalized spacial score (nSPS) is 9.69. The zero-order chi connectivity index (χ0) is 11.4. The predicted octanol–water partition coefficient (Wildman–Crippen LogP) is 2.29. The van der Waals surface area contributed by atoms with Crippen LogP contribution in [0.1, 0.15) is 16.1 Å². The van der Waals surface area contributed by atoms with Crippen LogP contribution in [0.5, 0.6) is 0 Å². The summed E-state index contributed by atoms with van der Waals surface area (Å²) in [5, 5.41) is 0. The van der Waals surface area contributed by atoms with Crippen LogP contribution in [0.15, 0.2) is 36.8 Å². The van der Waals surface area contributed by atoms with Crippen LogP contribution in [0.4, 0.5) is 5.69 Å². The van der Waals surface area contributed by atoms with Gasteiger partial charge in [0.15, 0.2) is 12.0 Å². The Morgan fingerprint density at radius 3 is 3.12 bits per heavy atom. The maximum atomic E-state index is 10.7. The molecular weight excluding hydrogens is 202 g/mol. The molecule has 0 atom stereocenters. The van der Waals surface area contributed by atoms with Crippen LogP contribution in [-0.2, 0) is 6.54 Å². The highest BCUT2D eigenvalue weighted by Gasteiger charge is 2.01. The van der Waals surface area contributed by atoms with E-state index in [-0.39, 0.29) is 0 Å². The first-order valence-corrected chi connectivity index (χ1v) is 4.75. The van der Waals surface area contributed by atoms with E-state index in [0.717, 1.165) is 11.8 Å². The van der Waals surface area contributed by atoms with E-state index < -0.39 is 0 Å². The average Bonchev–Trinajstić information content (AvgIpc) is 2.76. The number of aldehydes is 1. The summed E-state index contributed by atoms with van der Waals surface area (Å²) in [6, 6.07) is 7.32. The monoisotopic (exact) mass is 211 g/mol. The van der Waals surface area contributed by atoms with E-state index in [2.05, 4.69) is 9.83 Å². The molecule has 0 aliphatic heterocycles. The van der Waals surface area contributed by atoms with Crippen LogP contribution in [0.25, 0.3) is 4.85 Å². The van der Waals surface area contributed by atoms with E-state index in [9.17, 15) is 4.79 Å². The molecule has 0 unspecified atom stereocenters. The van der Waals surface area contributed by atoms with Crippen LogP contribution < -0.4 is 0 Å². The Morgan fingerprint density at radius 2 is 2.38 bits per heavy atom. The third-order valence-electron chi connectivity index (χ3n) is 2.26. The summed E-state index contributed by atoms with van der Waals surface area (Å²) >= 11 is 0. The maximum Gasteiger partial charge on any atom is 0.187 e. The second-order valence-corrected chi connectivity index (χ2v) is 3.35. The number of hydrogen-bond donors (Lipinski definition) is 0. The van der Waals surface area contributed by atoms with Gasteiger partial charge in [-0.15, -0.1) is 0 Å². The Morgan fingerprint density at radius 1 is 1.50 bits per heavy atom. The van der Waals surface area contributed by atoms with Crippen molar-refractivity contribution in [1.82, 2.24) is 9.55 Å². The van der Waals surface area contributed by atoms with Gasteiger partial charge in [-0.05, 0) is 5.56 Å². The van der Waals surface area contributed by atoms with Crippen LogP contribution in [-0.4, -0.2) is 15.8 Å². The van der Waals surface area contributed by atoms with E-state index in [1.165, 1.54) is 6.20 Å². The van der Waals surface area contributed by atoms with Crippen LogP contribution in [0.2, 0.25) is 0 Å².